The SMILES string of the molecule is COC(=O)CCCC(SCCC(=O)N(C)C)c1cccc(C=O)c1. The topological polar surface area (TPSA) is 63.7 Å². The normalized spacial score (nSPS) is 11.6. The van der Waals surface area contributed by atoms with Crippen LogP contribution in [0.15, 0.2) is 24.3 Å². The number of amides is 1. The van der Waals surface area contributed by atoms with Crippen molar-refractivity contribution in [2.75, 3.05) is 27.0 Å². The first kappa shape index (κ1) is 20.2. The van der Waals surface area contributed by atoms with E-state index in [0.717, 1.165) is 18.3 Å². The van der Waals surface area contributed by atoms with Gasteiger partial charge in [0.1, 0.15) is 6.29 Å². The molecule has 0 saturated carbocycles. The van der Waals surface area contributed by atoms with E-state index in [1.807, 2.05) is 18.2 Å². The molecule has 0 saturated heterocycles. The van der Waals surface area contributed by atoms with Crippen LogP contribution in [0.4, 0.5) is 0 Å². The van der Waals surface area contributed by atoms with Crippen LogP contribution in [0.2, 0.25) is 0 Å². The highest BCUT2D eigenvalue weighted by Gasteiger charge is 2.15. The van der Waals surface area contributed by atoms with Crippen molar-refractivity contribution in [3.05, 3.63) is 35.4 Å². The van der Waals surface area contributed by atoms with Crippen LogP contribution in [0.3, 0.4) is 0 Å². The van der Waals surface area contributed by atoms with Crippen LogP contribution in [0.5, 0.6) is 0 Å². The number of methoxy groups -OCH3 is 1. The number of hydrogen-bond acceptors (Lipinski definition) is 5. The Morgan fingerprint density at radius 2 is 2.04 bits per heavy atom. The molecule has 0 heterocycles. The average molecular weight is 351 g/mol. The molecule has 0 N–H and O–H groups in total. The maximum absolute atomic E-state index is 11.7. The van der Waals surface area contributed by atoms with Gasteiger partial charge in [-0.15, -0.1) is 0 Å². The van der Waals surface area contributed by atoms with Crippen molar-refractivity contribution in [2.45, 2.75) is 30.9 Å². The highest BCUT2D eigenvalue weighted by molar-refractivity contribution is 7.99. The molecule has 0 bridgehead atoms. The molecule has 1 amide bonds. The molecule has 1 unspecified atom stereocenters. The van der Waals surface area contributed by atoms with Gasteiger partial charge in [-0.1, -0.05) is 18.2 Å². The minimum Gasteiger partial charge on any atom is -0.469 e. The zero-order valence-electron chi connectivity index (χ0n) is 14.5. The third kappa shape index (κ3) is 7.17. The first-order chi connectivity index (χ1) is 11.5. The number of carbonyl (C=O) groups excluding carboxylic acids is 3. The summed E-state index contributed by atoms with van der Waals surface area (Å²) in [4.78, 5) is 35.6. The molecule has 24 heavy (non-hydrogen) atoms. The molecule has 0 aliphatic heterocycles. The lowest BCUT2D eigenvalue weighted by atomic mass is 10.0. The van der Waals surface area contributed by atoms with E-state index in [1.165, 1.54) is 7.11 Å². The maximum Gasteiger partial charge on any atom is 0.305 e. The molecular formula is C18H25NO4S. The first-order valence-electron chi connectivity index (χ1n) is 7.91. The minimum atomic E-state index is -0.219. The molecular weight excluding hydrogens is 326 g/mol. The van der Waals surface area contributed by atoms with Gasteiger partial charge in [-0.2, -0.15) is 11.8 Å². The fourth-order valence-electron chi connectivity index (χ4n) is 2.22. The van der Waals surface area contributed by atoms with Crippen LogP contribution in [0, 0.1) is 0 Å². The summed E-state index contributed by atoms with van der Waals surface area (Å²) in [7, 11) is 4.87. The Hall–Kier alpha value is -1.82. The number of aldehydes is 1. The number of thioether (sulfide) groups is 1. The van der Waals surface area contributed by atoms with Crippen LogP contribution in [-0.4, -0.2) is 50.0 Å². The number of esters is 1. The van der Waals surface area contributed by atoms with E-state index in [9.17, 15) is 14.4 Å². The average Bonchev–Trinajstić information content (AvgIpc) is 2.59. The third-order valence-corrected chi connectivity index (χ3v) is 4.98. The summed E-state index contributed by atoms with van der Waals surface area (Å²) < 4.78 is 4.67. The summed E-state index contributed by atoms with van der Waals surface area (Å²) in [5, 5.41) is 0.143. The molecule has 5 nitrogen and oxygen atoms in total. The van der Waals surface area contributed by atoms with E-state index in [-0.39, 0.29) is 17.1 Å². The lowest BCUT2D eigenvalue weighted by molar-refractivity contribution is -0.140. The third-order valence-electron chi connectivity index (χ3n) is 3.63. The van der Waals surface area contributed by atoms with Crippen LogP contribution >= 0.6 is 11.8 Å². The molecule has 1 aromatic carbocycles. The summed E-state index contributed by atoms with van der Waals surface area (Å²) in [6.45, 7) is 0. The van der Waals surface area contributed by atoms with Crippen molar-refractivity contribution in [3.63, 3.8) is 0 Å². The van der Waals surface area contributed by atoms with Crippen LogP contribution < -0.4 is 0 Å². The van der Waals surface area contributed by atoms with Gasteiger partial charge in [0.05, 0.1) is 7.11 Å². The molecule has 1 aromatic rings. The first-order valence-corrected chi connectivity index (χ1v) is 8.96. The van der Waals surface area contributed by atoms with E-state index in [4.69, 9.17) is 0 Å². The summed E-state index contributed by atoms with van der Waals surface area (Å²) in [6, 6.07) is 7.48. The fourth-order valence-corrected chi connectivity index (χ4v) is 3.47. The molecule has 0 aromatic heterocycles. The maximum atomic E-state index is 11.7. The van der Waals surface area contributed by atoms with Crippen LogP contribution in [0.25, 0.3) is 0 Å². The smallest absolute Gasteiger partial charge is 0.305 e. The number of nitrogens with zero attached hydrogens (tertiary/aromatic N) is 1. The van der Waals surface area contributed by atoms with Crippen molar-refractivity contribution in [1.82, 2.24) is 4.90 Å². The molecule has 0 aliphatic rings. The largest absolute Gasteiger partial charge is 0.469 e. The molecule has 132 valence electrons. The van der Waals surface area contributed by atoms with Crippen molar-refractivity contribution in [1.29, 1.82) is 0 Å². The van der Waals surface area contributed by atoms with Gasteiger partial charge in [-0.05, 0) is 24.5 Å². The Labute approximate surface area is 147 Å². The summed E-state index contributed by atoms with van der Waals surface area (Å²) in [5.74, 6) is 0.575. The minimum absolute atomic E-state index is 0.0949. The van der Waals surface area contributed by atoms with E-state index in [1.54, 1.807) is 36.8 Å². The Morgan fingerprint density at radius 1 is 1.29 bits per heavy atom. The molecule has 1 atom stereocenters. The number of rotatable bonds is 10. The van der Waals surface area contributed by atoms with Gasteiger partial charge in [0.25, 0.3) is 0 Å². The van der Waals surface area contributed by atoms with E-state index < -0.39 is 0 Å². The van der Waals surface area contributed by atoms with Crippen molar-refractivity contribution in [2.24, 2.45) is 0 Å². The van der Waals surface area contributed by atoms with Crippen LogP contribution in [-0.2, 0) is 14.3 Å². The molecule has 0 fully saturated rings. The predicted molar refractivity (Wildman–Crippen MR) is 96.2 cm³/mol. The highest BCUT2D eigenvalue weighted by Crippen LogP contribution is 2.34. The lowest BCUT2D eigenvalue weighted by Gasteiger charge is -2.18. The second-order valence-electron chi connectivity index (χ2n) is 5.65. The summed E-state index contributed by atoms with van der Waals surface area (Å²) >= 11 is 1.68. The number of benzene rings is 1. The second-order valence-corrected chi connectivity index (χ2v) is 6.96. The Morgan fingerprint density at radius 3 is 2.67 bits per heavy atom. The standard InChI is InChI=1S/C18H25NO4S/c1-19(2)17(21)10-11-24-16(8-5-9-18(22)23-3)15-7-4-6-14(12-15)13-20/h4,6-7,12-13,16H,5,8-11H2,1-3H3. The number of ether oxygens (including phenoxy) is 1. The van der Waals surface area contributed by atoms with Gasteiger partial charge in [-0.3, -0.25) is 14.4 Å². The molecule has 0 radical (unpaired) electrons. The van der Waals surface area contributed by atoms with Gasteiger partial charge in [0.15, 0.2) is 0 Å². The zero-order chi connectivity index (χ0) is 17.9. The molecule has 0 aliphatic carbocycles. The van der Waals surface area contributed by atoms with Gasteiger partial charge in [-0.25, -0.2) is 0 Å². The highest BCUT2D eigenvalue weighted by atomic mass is 32.2. The Bertz CT molecular complexity index is 560. The van der Waals surface area contributed by atoms with Gasteiger partial charge in [0, 0.05) is 43.5 Å². The van der Waals surface area contributed by atoms with Crippen LogP contribution in [0.1, 0.15) is 46.9 Å². The van der Waals surface area contributed by atoms with Gasteiger partial charge < -0.3 is 9.64 Å². The van der Waals surface area contributed by atoms with E-state index >= 15 is 0 Å². The van der Waals surface area contributed by atoms with Gasteiger partial charge in [0.2, 0.25) is 5.91 Å². The molecule has 0 spiro atoms. The van der Waals surface area contributed by atoms with Crippen molar-refractivity contribution < 1.29 is 19.1 Å². The quantitative estimate of drug-likeness (QED) is 0.479. The van der Waals surface area contributed by atoms with Gasteiger partial charge >= 0.3 is 5.97 Å². The summed E-state index contributed by atoms with van der Waals surface area (Å²) in [6.07, 6.45) is 3.17. The number of hydrogen-bond donors (Lipinski definition) is 0. The lowest BCUT2D eigenvalue weighted by Crippen LogP contribution is -2.21. The van der Waals surface area contributed by atoms with E-state index in [0.29, 0.717) is 30.6 Å². The Balaban J connectivity index is 2.69. The second kappa shape index (κ2) is 10.9. The predicted octanol–water partition coefficient (Wildman–Crippen LogP) is 3.10. The summed E-state index contributed by atoms with van der Waals surface area (Å²) in [5.41, 5.74) is 1.68. The molecule has 6 heteroatoms. The molecule has 1 rings (SSSR count). The Kier molecular flexibility index (Phi) is 9.15. The van der Waals surface area contributed by atoms with Crippen molar-refractivity contribution >= 4 is 29.9 Å². The zero-order valence-corrected chi connectivity index (χ0v) is 15.3. The number of carbonyl (C=O) groups is 3. The van der Waals surface area contributed by atoms with E-state index in [2.05, 4.69) is 4.74 Å². The van der Waals surface area contributed by atoms with Crippen molar-refractivity contribution in [3.8, 4) is 0 Å². The monoisotopic (exact) mass is 351 g/mol. The fraction of sp³-hybridized carbons (Fsp3) is 0.500.